The maximum Gasteiger partial charge on any atom is 0.310 e. The van der Waals surface area contributed by atoms with Gasteiger partial charge < -0.3 is 33.5 Å². The zero-order valence-electron chi connectivity index (χ0n) is 18.1. The van der Waals surface area contributed by atoms with Gasteiger partial charge in [-0.05, 0) is 41.0 Å². The number of aliphatic hydroxyl groups is 1. The summed E-state index contributed by atoms with van der Waals surface area (Å²) in [6.07, 6.45) is -0.871. The summed E-state index contributed by atoms with van der Waals surface area (Å²) in [5, 5.41) is 11.1. The normalized spacial score (nSPS) is 24.0. The Morgan fingerprint density at radius 1 is 0.806 bits per heavy atom. The number of methoxy groups -OCH3 is 5. The van der Waals surface area contributed by atoms with Crippen molar-refractivity contribution in [2.45, 2.75) is 12.0 Å². The molecule has 31 heavy (non-hydrogen) atoms. The third-order valence-electron chi connectivity index (χ3n) is 6.21. The molecule has 2 aliphatic rings. The highest BCUT2D eigenvalue weighted by Gasteiger charge is 2.52. The van der Waals surface area contributed by atoms with Gasteiger partial charge in [0.05, 0.1) is 54.2 Å². The fraction of sp³-hybridized carbons (Fsp3) is 0.435. The van der Waals surface area contributed by atoms with Crippen LogP contribution in [0.1, 0.15) is 28.7 Å². The first-order chi connectivity index (χ1) is 15.0. The average Bonchev–Trinajstić information content (AvgIpc) is 3.19. The van der Waals surface area contributed by atoms with E-state index in [1.54, 1.807) is 34.5 Å². The van der Waals surface area contributed by atoms with Crippen molar-refractivity contribution >= 4 is 5.97 Å². The van der Waals surface area contributed by atoms with Crippen molar-refractivity contribution in [3.8, 4) is 28.7 Å². The minimum Gasteiger partial charge on any atom is -0.493 e. The Labute approximate surface area is 180 Å². The maximum absolute atomic E-state index is 12.8. The smallest absolute Gasteiger partial charge is 0.310 e. The Bertz CT molecular complexity index is 976. The predicted octanol–water partition coefficient (Wildman–Crippen LogP) is 2.70. The van der Waals surface area contributed by atoms with Crippen molar-refractivity contribution in [1.82, 2.24) is 0 Å². The van der Waals surface area contributed by atoms with E-state index in [0.717, 1.165) is 11.1 Å². The van der Waals surface area contributed by atoms with E-state index in [-0.39, 0.29) is 18.5 Å². The van der Waals surface area contributed by atoms with Crippen LogP contribution in [0.15, 0.2) is 24.3 Å². The van der Waals surface area contributed by atoms with Crippen LogP contribution in [0.5, 0.6) is 28.7 Å². The van der Waals surface area contributed by atoms with Gasteiger partial charge >= 0.3 is 5.97 Å². The second kappa shape index (κ2) is 8.19. The molecule has 2 aromatic carbocycles. The number of cyclic esters (lactones) is 1. The molecule has 8 heteroatoms. The molecule has 1 aliphatic heterocycles. The first-order valence-corrected chi connectivity index (χ1v) is 9.89. The van der Waals surface area contributed by atoms with E-state index >= 15 is 0 Å². The van der Waals surface area contributed by atoms with Gasteiger partial charge in [0.1, 0.15) is 0 Å². The van der Waals surface area contributed by atoms with Gasteiger partial charge in [-0.2, -0.15) is 0 Å². The monoisotopic (exact) mass is 430 g/mol. The second-order valence-corrected chi connectivity index (χ2v) is 7.54. The number of fused-ring (bicyclic) bond motifs is 2. The van der Waals surface area contributed by atoms with Gasteiger partial charge in [0, 0.05) is 11.8 Å². The van der Waals surface area contributed by atoms with Crippen LogP contribution in [-0.2, 0) is 9.53 Å². The summed E-state index contributed by atoms with van der Waals surface area (Å²) >= 11 is 0. The van der Waals surface area contributed by atoms with Crippen LogP contribution in [0, 0.1) is 11.8 Å². The maximum atomic E-state index is 12.8. The molecule has 0 radical (unpaired) electrons. The lowest BCUT2D eigenvalue weighted by Gasteiger charge is -2.37. The van der Waals surface area contributed by atoms with Crippen LogP contribution in [0.4, 0.5) is 0 Å². The molecule has 0 bridgehead atoms. The molecular formula is C23H26O8. The lowest BCUT2D eigenvalue weighted by molar-refractivity contribution is -0.141. The van der Waals surface area contributed by atoms with E-state index < -0.39 is 17.9 Å². The topological polar surface area (TPSA) is 92.7 Å². The van der Waals surface area contributed by atoms with E-state index in [1.165, 1.54) is 7.11 Å². The van der Waals surface area contributed by atoms with Crippen molar-refractivity contribution in [2.24, 2.45) is 11.8 Å². The number of esters is 1. The number of carbonyl (C=O) groups is 1. The van der Waals surface area contributed by atoms with Crippen LogP contribution in [0.3, 0.4) is 0 Å². The molecule has 166 valence electrons. The molecule has 1 aliphatic carbocycles. The SMILES string of the molecule is COc1cc2c(cc1OC)[C@H](O)C1COC(=O)[C@@H]1[C@@H]2c1cc(OC)c(OC)c(OC)c1. The van der Waals surface area contributed by atoms with Crippen LogP contribution >= 0.6 is 0 Å². The Morgan fingerprint density at radius 2 is 1.35 bits per heavy atom. The van der Waals surface area contributed by atoms with E-state index in [9.17, 15) is 9.90 Å². The van der Waals surface area contributed by atoms with E-state index in [2.05, 4.69) is 0 Å². The third-order valence-corrected chi connectivity index (χ3v) is 6.21. The first kappa shape index (κ1) is 21.1. The van der Waals surface area contributed by atoms with E-state index in [4.69, 9.17) is 28.4 Å². The van der Waals surface area contributed by atoms with Gasteiger partial charge in [-0.25, -0.2) is 0 Å². The zero-order valence-corrected chi connectivity index (χ0v) is 18.1. The fourth-order valence-electron chi connectivity index (χ4n) is 4.75. The van der Waals surface area contributed by atoms with Crippen LogP contribution in [-0.4, -0.2) is 53.2 Å². The highest BCUT2D eigenvalue weighted by Crippen LogP contribution is 2.55. The Hall–Kier alpha value is -3.13. The largest absolute Gasteiger partial charge is 0.493 e. The highest BCUT2D eigenvalue weighted by molar-refractivity contribution is 5.79. The molecule has 1 fully saturated rings. The number of rotatable bonds is 6. The molecule has 2 aromatic rings. The summed E-state index contributed by atoms with van der Waals surface area (Å²) in [5.74, 6) is 0.729. The Balaban J connectivity index is 1.98. The number of aliphatic hydroxyl groups excluding tert-OH is 1. The molecule has 1 heterocycles. The molecule has 0 saturated carbocycles. The van der Waals surface area contributed by atoms with Gasteiger partial charge in [0.15, 0.2) is 23.0 Å². The summed E-state index contributed by atoms with van der Waals surface area (Å²) in [5.41, 5.74) is 2.22. The van der Waals surface area contributed by atoms with Crippen molar-refractivity contribution in [3.63, 3.8) is 0 Å². The minimum atomic E-state index is -0.871. The average molecular weight is 430 g/mol. The molecule has 8 nitrogen and oxygen atoms in total. The lowest BCUT2D eigenvalue weighted by Crippen LogP contribution is -2.34. The lowest BCUT2D eigenvalue weighted by atomic mass is 9.66. The molecular weight excluding hydrogens is 404 g/mol. The van der Waals surface area contributed by atoms with Gasteiger partial charge in [-0.15, -0.1) is 0 Å². The van der Waals surface area contributed by atoms with Crippen molar-refractivity contribution < 1.29 is 38.3 Å². The summed E-state index contributed by atoms with van der Waals surface area (Å²) in [6.45, 7) is 0.152. The van der Waals surface area contributed by atoms with Crippen LogP contribution in [0.2, 0.25) is 0 Å². The zero-order chi connectivity index (χ0) is 22.3. The first-order valence-electron chi connectivity index (χ1n) is 9.89. The summed E-state index contributed by atoms with van der Waals surface area (Å²) in [4.78, 5) is 12.8. The number of carbonyl (C=O) groups excluding carboxylic acids is 1. The molecule has 1 N–H and O–H groups in total. The number of ether oxygens (including phenoxy) is 6. The predicted molar refractivity (Wildman–Crippen MR) is 110 cm³/mol. The molecule has 4 rings (SSSR count). The minimum absolute atomic E-state index is 0.152. The highest BCUT2D eigenvalue weighted by atomic mass is 16.5. The van der Waals surface area contributed by atoms with Crippen molar-refractivity contribution in [2.75, 3.05) is 42.2 Å². The molecule has 1 unspecified atom stereocenters. The van der Waals surface area contributed by atoms with Crippen LogP contribution in [0.25, 0.3) is 0 Å². The van der Waals surface area contributed by atoms with Crippen molar-refractivity contribution in [1.29, 1.82) is 0 Å². The number of hydrogen-bond acceptors (Lipinski definition) is 8. The molecule has 0 amide bonds. The van der Waals surface area contributed by atoms with Gasteiger partial charge in [0.2, 0.25) is 5.75 Å². The summed E-state index contributed by atoms with van der Waals surface area (Å²) < 4.78 is 32.8. The van der Waals surface area contributed by atoms with Gasteiger partial charge in [-0.3, -0.25) is 4.79 Å². The van der Waals surface area contributed by atoms with Crippen molar-refractivity contribution in [3.05, 3.63) is 41.0 Å². The van der Waals surface area contributed by atoms with E-state index in [0.29, 0.717) is 34.3 Å². The standard InChI is InChI=1S/C23H26O8/c1-26-15-8-12-13(9-16(15)27-2)21(24)14-10-31-23(25)20(14)19(12)11-6-17(28-3)22(30-5)18(7-11)29-4/h6-9,14,19-21,24H,10H2,1-5H3/t14?,19-,20+,21+/m1/s1. The second-order valence-electron chi connectivity index (χ2n) is 7.54. The summed E-state index contributed by atoms with van der Waals surface area (Å²) in [7, 11) is 7.71. The number of benzene rings is 2. The fourth-order valence-corrected chi connectivity index (χ4v) is 4.75. The Kier molecular flexibility index (Phi) is 5.58. The quantitative estimate of drug-likeness (QED) is 0.700. The molecule has 0 aromatic heterocycles. The third kappa shape index (κ3) is 3.22. The van der Waals surface area contributed by atoms with Gasteiger partial charge in [-0.1, -0.05) is 0 Å². The summed E-state index contributed by atoms with van der Waals surface area (Å²) in [6, 6.07) is 7.23. The molecule has 4 atom stereocenters. The molecule has 1 saturated heterocycles. The number of hydrogen-bond donors (Lipinski definition) is 1. The van der Waals surface area contributed by atoms with Crippen LogP contribution < -0.4 is 23.7 Å². The van der Waals surface area contributed by atoms with Gasteiger partial charge in [0.25, 0.3) is 0 Å². The molecule has 0 spiro atoms. The van der Waals surface area contributed by atoms with E-state index in [1.807, 2.05) is 18.2 Å². The Morgan fingerprint density at radius 3 is 1.87 bits per heavy atom.